The van der Waals surface area contributed by atoms with Gasteiger partial charge in [0.1, 0.15) is 5.75 Å². The van der Waals surface area contributed by atoms with E-state index >= 15 is 0 Å². The van der Waals surface area contributed by atoms with E-state index in [-0.39, 0.29) is 0 Å². The van der Waals surface area contributed by atoms with Crippen molar-refractivity contribution in [2.45, 2.75) is 44.4 Å². The van der Waals surface area contributed by atoms with E-state index in [0.29, 0.717) is 0 Å². The third kappa shape index (κ3) is 5.31. The quantitative estimate of drug-likeness (QED) is 0.448. The maximum atomic E-state index is 6.10. The minimum atomic E-state index is 0.734. The lowest BCUT2D eigenvalue weighted by Gasteiger charge is -2.11. The highest BCUT2D eigenvalue weighted by Gasteiger charge is 2.06. The molecule has 17 heavy (non-hydrogen) atoms. The highest BCUT2D eigenvalue weighted by Crippen LogP contribution is 2.28. The zero-order valence-corrected chi connectivity index (χ0v) is 12.7. The zero-order valence-electron chi connectivity index (χ0n) is 10.3. The molecule has 0 bridgehead atoms. The highest BCUT2D eigenvalue weighted by molar-refractivity contribution is 9.08. The molecule has 0 aliphatic heterocycles. The first-order valence-electron chi connectivity index (χ1n) is 6.25. The molecule has 0 heterocycles. The summed E-state index contributed by atoms with van der Waals surface area (Å²) in [5.74, 6) is 0.907. The van der Waals surface area contributed by atoms with Gasteiger partial charge in [0.25, 0.3) is 0 Å². The lowest BCUT2D eigenvalue weighted by atomic mass is 10.2. The summed E-state index contributed by atoms with van der Waals surface area (Å²) >= 11 is 9.54. The van der Waals surface area contributed by atoms with Gasteiger partial charge in [-0.1, -0.05) is 66.2 Å². The Bertz CT molecular complexity index is 328. The molecule has 1 aromatic carbocycles. The molecule has 0 unspecified atom stereocenters. The molecule has 0 fully saturated rings. The van der Waals surface area contributed by atoms with Gasteiger partial charge < -0.3 is 4.74 Å². The average Bonchev–Trinajstić information content (AvgIpc) is 2.34. The van der Waals surface area contributed by atoms with Crippen molar-refractivity contribution in [2.75, 3.05) is 6.61 Å². The Labute approximate surface area is 118 Å². The second-order valence-electron chi connectivity index (χ2n) is 4.11. The second-order valence-corrected chi connectivity index (χ2v) is 5.08. The average molecular weight is 320 g/mol. The molecule has 0 aliphatic carbocycles. The lowest BCUT2D eigenvalue weighted by molar-refractivity contribution is 0.302. The normalized spacial score (nSPS) is 10.5. The van der Waals surface area contributed by atoms with Crippen molar-refractivity contribution in [3.8, 4) is 5.75 Å². The number of hydrogen-bond acceptors (Lipinski definition) is 1. The maximum absolute atomic E-state index is 6.10. The molecule has 0 atom stereocenters. The summed E-state index contributed by atoms with van der Waals surface area (Å²) in [4.78, 5) is 0. The van der Waals surface area contributed by atoms with Gasteiger partial charge >= 0.3 is 0 Å². The van der Waals surface area contributed by atoms with Crippen molar-refractivity contribution in [3.63, 3.8) is 0 Å². The third-order valence-corrected chi connectivity index (χ3v) is 3.63. The van der Waals surface area contributed by atoms with Gasteiger partial charge in [0.2, 0.25) is 0 Å². The van der Waals surface area contributed by atoms with E-state index < -0.39 is 0 Å². The Balaban J connectivity index is 2.33. The van der Waals surface area contributed by atoms with Crippen LogP contribution in [0.25, 0.3) is 0 Å². The first-order valence-corrected chi connectivity index (χ1v) is 7.75. The molecule has 3 heteroatoms. The Morgan fingerprint density at radius 2 is 1.94 bits per heavy atom. The van der Waals surface area contributed by atoms with E-state index in [1.807, 2.05) is 18.2 Å². The van der Waals surface area contributed by atoms with Gasteiger partial charge in [0.05, 0.1) is 6.61 Å². The Kier molecular flexibility index (Phi) is 7.70. The van der Waals surface area contributed by atoms with Gasteiger partial charge in [-0.25, -0.2) is 0 Å². The lowest BCUT2D eigenvalue weighted by Crippen LogP contribution is -2.00. The molecule has 0 spiro atoms. The Morgan fingerprint density at radius 3 is 2.65 bits per heavy atom. The molecule has 96 valence electrons. The standard InChI is InChI=1S/C14H20BrClO/c1-2-3-4-5-6-10-17-14-9-7-8-13(16)12(14)11-15/h7-9H,2-6,10-11H2,1H3. The SMILES string of the molecule is CCCCCCCOc1cccc(Cl)c1CBr. The molecule has 1 rings (SSSR count). The van der Waals surface area contributed by atoms with E-state index in [2.05, 4.69) is 22.9 Å². The van der Waals surface area contributed by atoms with Crippen molar-refractivity contribution < 1.29 is 4.74 Å². The molecule has 0 saturated heterocycles. The van der Waals surface area contributed by atoms with Gasteiger partial charge in [-0.15, -0.1) is 0 Å². The summed E-state index contributed by atoms with van der Waals surface area (Å²) in [7, 11) is 0. The first kappa shape index (κ1) is 14.8. The van der Waals surface area contributed by atoms with Crippen LogP contribution >= 0.6 is 27.5 Å². The molecule has 1 aromatic rings. The monoisotopic (exact) mass is 318 g/mol. The van der Waals surface area contributed by atoms with Crippen LogP contribution in [-0.4, -0.2) is 6.61 Å². The molecule has 0 radical (unpaired) electrons. The van der Waals surface area contributed by atoms with E-state index in [4.69, 9.17) is 16.3 Å². The van der Waals surface area contributed by atoms with E-state index in [0.717, 1.165) is 34.7 Å². The molecule has 1 nitrogen and oxygen atoms in total. The summed E-state index contributed by atoms with van der Waals surface area (Å²) in [5, 5.41) is 1.50. The summed E-state index contributed by atoms with van der Waals surface area (Å²) in [6, 6.07) is 5.81. The number of unbranched alkanes of at least 4 members (excludes halogenated alkanes) is 4. The fourth-order valence-electron chi connectivity index (χ4n) is 1.69. The van der Waals surface area contributed by atoms with Crippen molar-refractivity contribution in [2.24, 2.45) is 0 Å². The van der Waals surface area contributed by atoms with Crippen molar-refractivity contribution >= 4 is 27.5 Å². The van der Waals surface area contributed by atoms with Crippen molar-refractivity contribution in [1.29, 1.82) is 0 Å². The van der Waals surface area contributed by atoms with Crippen LogP contribution in [0.2, 0.25) is 5.02 Å². The van der Waals surface area contributed by atoms with Gasteiger partial charge in [0.15, 0.2) is 0 Å². The Morgan fingerprint density at radius 1 is 1.18 bits per heavy atom. The fourth-order valence-corrected chi connectivity index (χ4v) is 2.66. The van der Waals surface area contributed by atoms with E-state index in [1.165, 1.54) is 25.7 Å². The molecule has 0 N–H and O–H groups in total. The minimum Gasteiger partial charge on any atom is -0.493 e. The summed E-state index contributed by atoms with van der Waals surface area (Å²) < 4.78 is 5.77. The smallest absolute Gasteiger partial charge is 0.124 e. The largest absolute Gasteiger partial charge is 0.493 e. The van der Waals surface area contributed by atoms with Gasteiger partial charge in [0, 0.05) is 15.9 Å². The van der Waals surface area contributed by atoms with Crippen molar-refractivity contribution in [1.82, 2.24) is 0 Å². The van der Waals surface area contributed by atoms with Crippen LogP contribution in [0.4, 0.5) is 0 Å². The van der Waals surface area contributed by atoms with Crippen LogP contribution in [-0.2, 0) is 5.33 Å². The van der Waals surface area contributed by atoms with E-state index in [9.17, 15) is 0 Å². The zero-order chi connectivity index (χ0) is 12.5. The summed E-state index contributed by atoms with van der Waals surface area (Å²) in [6.45, 7) is 3.01. The second kappa shape index (κ2) is 8.82. The first-order chi connectivity index (χ1) is 8.29. The summed E-state index contributed by atoms with van der Waals surface area (Å²) in [5.41, 5.74) is 1.04. The van der Waals surface area contributed by atoms with Crippen LogP contribution in [0, 0.1) is 0 Å². The van der Waals surface area contributed by atoms with E-state index in [1.54, 1.807) is 0 Å². The predicted octanol–water partition coefficient (Wildman–Crippen LogP) is 5.58. The number of hydrogen-bond donors (Lipinski definition) is 0. The third-order valence-electron chi connectivity index (χ3n) is 2.71. The molecule has 0 aromatic heterocycles. The Hall–Kier alpha value is -0.210. The van der Waals surface area contributed by atoms with Gasteiger partial charge in [-0.3, -0.25) is 0 Å². The number of ether oxygens (including phenoxy) is 1. The number of rotatable bonds is 8. The number of alkyl halides is 1. The molecule has 0 amide bonds. The topological polar surface area (TPSA) is 9.23 Å². The highest BCUT2D eigenvalue weighted by atomic mass is 79.9. The van der Waals surface area contributed by atoms with Gasteiger partial charge in [-0.05, 0) is 18.6 Å². The molecule has 0 saturated carbocycles. The van der Waals surface area contributed by atoms with Crippen molar-refractivity contribution in [3.05, 3.63) is 28.8 Å². The fraction of sp³-hybridized carbons (Fsp3) is 0.571. The molecular formula is C14H20BrClO. The molecule has 0 aliphatic rings. The minimum absolute atomic E-state index is 0.734. The van der Waals surface area contributed by atoms with Crippen LogP contribution < -0.4 is 4.74 Å². The predicted molar refractivity (Wildman–Crippen MR) is 78.3 cm³/mol. The maximum Gasteiger partial charge on any atom is 0.124 e. The van der Waals surface area contributed by atoms with Gasteiger partial charge in [-0.2, -0.15) is 0 Å². The van der Waals surface area contributed by atoms with Crippen LogP contribution in [0.15, 0.2) is 18.2 Å². The van der Waals surface area contributed by atoms with Crippen LogP contribution in [0.1, 0.15) is 44.6 Å². The molecular weight excluding hydrogens is 300 g/mol. The summed E-state index contributed by atoms with van der Waals surface area (Å²) in [6.07, 6.45) is 6.28. The van der Waals surface area contributed by atoms with Crippen LogP contribution in [0.3, 0.4) is 0 Å². The number of halogens is 2. The van der Waals surface area contributed by atoms with Crippen LogP contribution in [0.5, 0.6) is 5.75 Å². The number of benzene rings is 1.